The molecule has 10 nitrogen and oxygen atoms in total. The van der Waals surface area contributed by atoms with Gasteiger partial charge in [0.25, 0.3) is 0 Å². The number of benzene rings is 1. The largest absolute Gasteiger partial charge is 0.454 e. The topological polar surface area (TPSA) is 145 Å². The van der Waals surface area contributed by atoms with Gasteiger partial charge in [0, 0.05) is 31.1 Å². The lowest BCUT2D eigenvalue weighted by Crippen LogP contribution is -2.13. The minimum atomic E-state index is -2.24. The number of pyridine rings is 1. The molecule has 0 fully saturated rings. The predicted molar refractivity (Wildman–Crippen MR) is 112 cm³/mol. The van der Waals surface area contributed by atoms with E-state index in [4.69, 9.17) is 9.66 Å². The highest BCUT2D eigenvalue weighted by atomic mass is 32.2. The van der Waals surface area contributed by atoms with Gasteiger partial charge in [-0.05, 0) is 42.8 Å². The highest BCUT2D eigenvalue weighted by molar-refractivity contribution is 7.68. The van der Waals surface area contributed by atoms with Gasteiger partial charge in [0.05, 0.1) is 17.1 Å². The third-order valence-electron chi connectivity index (χ3n) is 3.66. The molecule has 0 amide bonds. The quantitative estimate of drug-likeness (QED) is 0.154. The van der Waals surface area contributed by atoms with E-state index in [2.05, 4.69) is 35.5 Å². The molecular formula is C18H20N7O3S-. The molecule has 3 aromatic rings. The van der Waals surface area contributed by atoms with Crippen molar-refractivity contribution < 1.29 is 13.9 Å². The maximum absolute atomic E-state index is 10.7. The number of aliphatic hydroxyl groups excluding tert-OH is 1. The molecule has 5 N–H and O–H groups in total. The third kappa shape index (κ3) is 6.38. The zero-order valence-electron chi connectivity index (χ0n) is 15.3. The third-order valence-corrected chi connectivity index (χ3v) is 4.02. The highest BCUT2D eigenvalue weighted by Crippen LogP contribution is 2.21. The molecule has 0 spiro atoms. The first-order valence-corrected chi connectivity index (χ1v) is 9.80. The summed E-state index contributed by atoms with van der Waals surface area (Å²) >= 11 is 0. The van der Waals surface area contributed by atoms with Gasteiger partial charge in [0.1, 0.15) is 0 Å². The van der Waals surface area contributed by atoms with Gasteiger partial charge in [-0.1, -0.05) is 16.9 Å². The Morgan fingerprint density at radius 2 is 1.86 bits per heavy atom. The molecule has 29 heavy (non-hydrogen) atoms. The van der Waals surface area contributed by atoms with Crippen molar-refractivity contribution in [3.63, 3.8) is 0 Å². The standard InChI is InChI=1S/C18H20N7O3S/c26-11-3-10-20-18-21-16(15-4-1-2-9-19-15)12-17(22-18)24-23-13-5-7-14(8-6-13)25-29(27)28/h1-2,4-9,12,23,26H,3,10-11H2,(H,25,27,28)(H2,20,21,22,24)/q-1. The van der Waals surface area contributed by atoms with E-state index in [1.54, 1.807) is 36.5 Å². The van der Waals surface area contributed by atoms with Crippen molar-refractivity contribution in [1.82, 2.24) is 15.0 Å². The van der Waals surface area contributed by atoms with Crippen molar-refractivity contribution in [1.29, 1.82) is 0 Å². The van der Waals surface area contributed by atoms with Crippen LogP contribution in [0.15, 0.2) is 59.1 Å². The fourth-order valence-electron chi connectivity index (χ4n) is 2.35. The Labute approximate surface area is 169 Å². The Bertz CT molecular complexity index is 1010. The maximum atomic E-state index is 10.7. The molecule has 0 saturated carbocycles. The van der Waals surface area contributed by atoms with E-state index in [0.717, 1.165) is 0 Å². The monoisotopic (exact) mass is 414 g/mol. The molecule has 0 radical (unpaired) electrons. The molecule has 11 heteroatoms. The zero-order valence-corrected chi connectivity index (χ0v) is 16.1. The van der Waals surface area contributed by atoms with Gasteiger partial charge in [-0.25, -0.2) is 4.98 Å². The molecule has 3 rings (SSSR count). The van der Waals surface area contributed by atoms with Crippen LogP contribution >= 0.6 is 0 Å². The van der Waals surface area contributed by atoms with Gasteiger partial charge in [0.15, 0.2) is 5.82 Å². The Morgan fingerprint density at radius 1 is 1.03 bits per heavy atom. The summed E-state index contributed by atoms with van der Waals surface area (Å²) < 4.78 is 23.0. The molecule has 0 unspecified atom stereocenters. The van der Waals surface area contributed by atoms with E-state index >= 15 is 0 Å². The predicted octanol–water partition coefficient (Wildman–Crippen LogP) is 3.02. The van der Waals surface area contributed by atoms with Gasteiger partial charge in [0.2, 0.25) is 5.95 Å². The van der Waals surface area contributed by atoms with Gasteiger partial charge in [-0.3, -0.25) is 15.8 Å². The van der Waals surface area contributed by atoms with E-state index in [1.807, 2.05) is 18.2 Å². The van der Waals surface area contributed by atoms with Crippen molar-refractivity contribution in [2.75, 3.05) is 29.3 Å². The van der Waals surface area contributed by atoms with Crippen molar-refractivity contribution in [3.05, 3.63) is 54.7 Å². The van der Waals surface area contributed by atoms with E-state index in [-0.39, 0.29) is 6.61 Å². The second-order valence-electron chi connectivity index (χ2n) is 5.80. The Morgan fingerprint density at radius 3 is 2.55 bits per heavy atom. The first-order valence-electron chi connectivity index (χ1n) is 8.74. The SMILES string of the molecule is O=[S-](O)=Nc1ccc(NNc2cc(-c3ccccn3)nc(NCCCO)n2)cc1. The molecule has 0 atom stereocenters. The summed E-state index contributed by atoms with van der Waals surface area (Å²) in [5.41, 5.74) is 8.45. The van der Waals surface area contributed by atoms with Crippen LogP contribution in [0.3, 0.4) is 0 Å². The van der Waals surface area contributed by atoms with E-state index in [1.165, 1.54) is 0 Å². The first kappa shape index (κ1) is 20.5. The fraction of sp³-hybridized carbons (Fsp3) is 0.167. The first-order chi connectivity index (χ1) is 14.1. The highest BCUT2D eigenvalue weighted by Gasteiger charge is 2.07. The number of anilines is 3. The Balaban J connectivity index is 1.77. The van der Waals surface area contributed by atoms with Crippen LogP contribution in [0.1, 0.15) is 6.42 Å². The molecule has 0 bridgehead atoms. The molecule has 152 valence electrons. The lowest BCUT2D eigenvalue weighted by atomic mass is 10.2. The number of nitrogens with zero attached hydrogens (tertiary/aromatic N) is 4. The van der Waals surface area contributed by atoms with Crippen LogP contribution in [-0.4, -0.2) is 37.8 Å². The Hall–Kier alpha value is -3.28. The number of nitrogens with one attached hydrogen (secondary N) is 3. The number of hydrazine groups is 1. The lowest BCUT2D eigenvalue weighted by Gasteiger charge is -2.12. The number of hydrogen-bond acceptors (Lipinski definition) is 10. The van der Waals surface area contributed by atoms with Gasteiger partial charge >= 0.3 is 0 Å². The summed E-state index contributed by atoms with van der Waals surface area (Å²) in [4.78, 5) is 13.2. The van der Waals surface area contributed by atoms with Gasteiger partial charge < -0.3 is 23.5 Å². The van der Waals surface area contributed by atoms with Crippen LogP contribution in [0.5, 0.6) is 0 Å². The molecule has 0 aliphatic carbocycles. The molecule has 0 saturated heterocycles. The smallest absolute Gasteiger partial charge is 0.225 e. The minimum absolute atomic E-state index is 0.0751. The molecule has 1 aromatic carbocycles. The van der Waals surface area contributed by atoms with Crippen LogP contribution in [0.4, 0.5) is 23.1 Å². The van der Waals surface area contributed by atoms with Crippen LogP contribution in [0.25, 0.3) is 11.4 Å². The Kier molecular flexibility index (Phi) is 7.28. The van der Waals surface area contributed by atoms with E-state index in [9.17, 15) is 4.21 Å². The summed E-state index contributed by atoms with van der Waals surface area (Å²) in [6, 6.07) is 13.9. The van der Waals surface area contributed by atoms with Crippen molar-refractivity contribution in [2.45, 2.75) is 6.42 Å². The number of rotatable bonds is 9. The maximum Gasteiger partial charge on any atom is 0.225 e. The summed E-state index contributed by atoms with van der Waals surface area (Å²) in [5.74, 6) is 0.919. The summed E-state index contributed by atoms with van der Waals surface area (Å²) in [7, 11) is -2.24. The number of aliphatic hydroxyl groups is 1. The molecule has 0 aliphatic rings. The summed E-state index contributed by atoms with van der Waals surface area (Å²) in [6.45, 7) is 0.609. The van der Waals surface area contributed by atoms with Crippen molar-refractivity contribution in [2.24, 2.45) is 4.36 Å². The summed E-state index contributed by atoms with van der Waals surface area (Å²) in [6.07, 6.45) is 2.27. The number of hydrogen-bond donors (Lipinski definition) is 5. The molecule has 2 aromatic heterocycles. The second kappa shape index (κ2) is 10.3. The van der Waals surface area contributed by atoms with E-state index in [0.29, 0.717) is 47.5 Å². The molecule has 0 aliphatic heterocycles. The average molecular weight is 414 g/mol. The van der Waals surface area contributed by atoms with Crippen LogP contribution in [0.2, 0.25) is 0 Å². The van der Waals surface area contributed by atoms with Crippen LogP contribution < -0.4 is 16.2 Å². The van der Waals surface area contributed by atoms with Gasteiger partial charge in [-0.2, -0.15) is 4.98 Å². The normalized spacial score (nSPS) is 11.8. The van der Waals surface area contributed by atoms with Gasteiger partial charge in [-0.15, -0.1) is 0 Å². The van der Waals surface area contributed by atoms with Crippen LogP contribution in [0, 0.1) is 0 Å². The average Bonchev–Trinajstić information content (AvgIpc) is 2.74. The van der Waals surface area contributed by atoms with E-state index < -0.39 is 10.9 Å². The summed E-state index contributed by atoms with van der Waals surface area (Å²) in [5, 5.41) is 12.0. The fourth-order valence-corrected chi connectivity index (χ4v) is 2.65. The van der Waals surface area contributed by atoms with Crippen LogP contribution in [-0.2, 0) is 15.1 Å². The minimum Gasteiger partial charge on any atom is -0.454 e. The van der Waals surface area contributed by atoms with Crippen molar-refractivity contribution >= 4 is 34.0 Å². The number of aromatic nitrogens is 3. The molecule has 2 heterocycles. The zero-order chi connectivity index (χ0) is 20.5. The second-order valence-corrected chi connectivity index (χ2v) is 6.44. The lowest BCUT2D eigenvalue weighted by molar-refractivity contribution is 0.292. The van der Waals surface area contributed by atoms with Crippen molar-refractivity contribution in [3.8, 4) is 11.4 Å². The molecular weight excluding hydrogens is 394 g/mol.